The lowest BCUT2D eigenvalue weighted by molar-refractivity contribution is -0.136. The van der Waals surface area contributed by atoms with Crippen molar-refractivity contribution in [2.75, 3.05) is 32.1 Å². The number of amides is 7. The molecule has 1 aromatic carbocycles. The summed E-state index contributed by atoms with van der Waals surface area (Å²) < 4.78 is 10.9. The largest absolute Gasteiger partial charge is 0.483 e. The SMILES string of the molecule is COc1nc(-c2ccnc(NC(=O)C3CC3)c2)sc1C(=O)NCCCNC(=O)COc1cccc2c1C(=O)N(C1CCC(=O)NC1=O)C2=O. The summed E-state index contributed by atoms with van der Waals surface area (Å²) in [4.78, 5) is 97.2. The molecule has 49 heavy (non-hydrogen) atoms. The van der Waals surface area contributed by atoms with Crippen LogP contribution in [0.1, 0.15) is 62.5 Å². The minimum absolute atomic E-state index is 0.00632. The van der Waals surface area contributed by atoms with Crippen molar-refractivity contribution < 1.29 is 43.0 Å². The molecule has 4 N–H and O–H groups in total. The molecular weight excluding hydrogens is 658 g/mol. The molecule has 0 radical (unpaired) electrons. The van der Waals surface area contributed by atoms with Crippen molar-refractivity contribution in [1.29, 1.82) is 0 Å². The Balaban J connectivity index is 0.967. The maximum Gasteiger partial charge on any atom is 0.267 e. The predicted octanol–water partition coefficient (Wildman–Crippen LogP) is 1.28. The summed E-state index contributed by atoms with van der Waals surface area (Å²) >= 11 is 1.13. The number of piperidine rings is 1. The van der Waals surface area contributed by atoms with E-state index in [0.29, 0.717) is 22.8 Å². The van der Waals surface area contributed by atoms with Gasteiger partial charge in [-0.15, -0.1) is 11.3 Å². The molecular formula is C32H31N7O9S. The maximum atomic E-state index is 13.2. The van der Waals surface area contributed by atoms with Crippen molar-refractivity contribution in [3.05, 3.63) is 52.5 Å². The third-order valence-electron chi connectivity index (χ3n) is 7.95. The Morgan fingerprint density at radius 1 is 1.04 bits per heavy atom. The van der Waals surface area contributed by atoms with Crippen molar-refractivity contribution in [1.82, 2.24) is 30.8 Å². The van der Waals surface area contributed by atoms with E-state index >= 15 is 0 Å². The van der Waals surface area contributed by atoms with Gasteiger partial charge in [0, 0.05) is 37.2 Å². The molecule has 3 aliphatic rings. The number of hydrogen-bond donors (Lipinski definition) is 4. The Labute approximate surface area is 282 Å². The highest BCUT2D eigenvalue weighted by Crippen LogP contribution is 2.35. The van der Waals surface area contributed by atoms with Gasteiger partial charge in [0.15, 0.2) is 11.5 Å². The van der Waals surface area contributed by atoms with Crippen molar-refractivity contribution in [3.63, 3.8) is 0 Å². The first-order valence-corrected chi connectivity index (χ1v) is 16.3. The van der Waals surface area contributed by atoms with Crippen molar-refractivity contribution in [2.24, 2.45) is 5.92 Å². The molecule has 3 aromatic rings. The van der Waals surface area contributed by atoms with Gasteiger partial charge in [0.25, 0.3) is 23.6 Å². The van der Waals surface area contributed by atoms with Gasteiger partial charge >= 0.3 is 0 Å². The van der Waals surface area contributed by atoms with Gasteiger partial charge in [-0.3, -0.25) is 43.8 Å². The number of pyridine rings is 1. The number of ether oxygens (including phenoxy) is 2. The van der Waals surface area contributed by atoms with Gasteiger partial charge in [0.2, 0.25) is 23.6 Å². The van der Waals surface area contributed by atoms with Crippen LogP contribution in [0.25, 0.3) is 10.6 Å². The lowest BCUT2D eigenvalue weighted by Gasteiger charge is -2.27. The molecule has 4 heterocycles. The molecule has 17 heteroatoms. The van der Waals surface area contributed by atoms with E-state index < -0.39 is 48.1 Å². The molecule has 1 atom stereocenters. The summed E-state index contributed by atoms with van der Waals surface area (Å²) in [5.74, 6) is -3.02. The predicted molar refractivity (Wildman–Crippen MR) is 172 cm³/mol. The van der Waals surface area contributed by atoms with Crippen LogP contribution in [0.15, 0.2) is 36.5 Å². The Bertz CT molecular complexity index is 1870. The molecule has 2 aromatic heterocycles. The monoisotopic (exact) mass is 689 g/mol. The van der Waals surface area contributed by atoms with Crippen LogP contribution in [0.5, 0.6) is 11.6 Å². The minimum atomic E-state index is -1.12. The molecule has 254 valence electrons. The van der Waals surface area contributed by atoms with E-state index in [9.17, 15) is 33.6 Å². The number of hydrogen-bond acceptors (Lipinski definition) is 12. The van der Waals surface area contributed by atoms with Gasteiger partial charge in [0.05, 0.1) is 18.2 Å². The highest BCUT2D eigenvalue weighted by molar-refractivity contribution is 7.17. The highest BCUT2D eigenvalue weighted by atomic mass is 32.1. The van der Waals surface area contributed by atoms with Gasteiger partial charge in [-0.05, 0) is 49.9 Å². The quantitative estimate of drug-likeness (QED) is 0.148. The van der Waals surface area contributed by atoms with Gasteiger partial charge in [0.1, 0.15) is 22.6 Å². The Hall–Kier alpha value is -5.71. The third-order valence-corrected chi connectivity index (χ3v) is 9.04. The number of rotatable bonds is 13. The number of aromatic nitrogens is 2. The van der Waals surface area contributed by atoms with Crippen LogP contribution in [0.2, 0.25) is 0 Å². The zero-order chi connectivity index (χ0) is 34.7. The average Bonchev–Trinajstić information content (AvgIpc) is 3.80. The number of carbonyl (C=O) groups is 7. The standard InChI is InChI=1S/C32H31N7O9S/c1-47-29-25(49-30(38-29)17-10-13-33-21(14-17)36-26(42)16-6-7-16)28(44)35-12-3-11-34-23(41)15-48-20-5-2-4-18-24(20)32(46)39(31(18)45)19-8-9-22(40)37-27(19)43/h2,4-5,10,13-14,16,19H,3,6-9,11-12,15H2,1H3,(H,34,41)(H,35,44)(H,33,36,42)(H,37,40,43). The van der Waals surface area contributed by atoms with Crippen LogP contribution in [-0.4, -0.2) is 89.1 Å². The fourth-order valence-electron chi connectivity index (χ4n) is 5.31. The third kappa shape index (κ3) is 7.25. The number of nitrogens with one attached hydrogen (secondary N) is 4. The van der Waals surface area contributed by atoms with Gasteiger partial charge in [-0.25, -0.2) is 9.97 Å². The molecule has 1 unspecified atom stereocenters. The second kappa shape index (κ2) is 14.2. The van der Waals surface area contributed by atoms with Crippen LogP contribution in [0, 0.1) is 5.92 Å². The Kier molecular flexibility index (Phi) is 9.61. The molecule has 1 saturated carbocycles. The lowest BCUT2D eigenvalue weighted by atomic mass is 10.0. The average molecular weight is 690 g/mol. The number of anilines is 1. The second-order valence-electron chi connectivity index (χ2n) is 11.4. The molecule has 2 aliphatic heterocycles. The second-order valence-corrected chi connectivity index (χ2v) is 12.4. The van der Waals surface area contributed by atoms with Crippen LogP contribution >= 0.6 is 11.3 Å². The van der Waals surface area contributed by atoms with Crippen LogP contribution in [-0.2, 0) is 19.2 Å². The van der Waals surface area contributed by atoms with Gasteiger partial charge in [-0.1, -0.05) is 6.07 Å². The first-order valence-electron chi connectivity index (χ1n) is 15.5. The van der Waals surface area contributed by atoms with Crippen LogP contribution < -0.4 is 30.7 Å². The summed E-state index contributed by atoms with van der Waals surface area (Å²) in [6.07, 6.45) is 3.68. The van der Waals surface area contributed by atoms with Gasteiger partial charge < -0.3 is 25.4 Å². The van der Waals surface area contributed by atoms with Crippen LogP contribution in [0.3, 0.4) is 0 Å². The van der Waals surface area contributed by atoms with Crippen molar-refractivity contribution in [2.45, 2.75) is 38.1 Å². The van der Waals surface area contributed by atoms with E-state index in [1.165, 1.54) is 25.3 Å². The number of benzene rings is 1. The van der Waals surface area contributed by atoms with E-state index in [1.807, 2.05) is 0 Å². The number of nitrogens with zero attached hydrogens (tertiary/aromatic N) is 3. The Morgan fingerprint density at radius 3 is 2.59 bits per heavy atom. The first kappa shape index (κ1) is 33.2. The van der Waals surface area contributed by atoms with E-state index in [0.717, 1.165) is 29.1 Å². The number of thiazole rings is 1. The normalized spacial score (nSPS) is 16.9. The number of fused-ring (bicyclic) bond motifs is 1. The molecule has 0 spiro atoms. The molecule has 6 rings (SSSR count). The molecule has 0 bridgehead atoms. The number of imide groups is 2. The fourth-order valence-corrected chi connectivity index (χ4v) is 6.26. The summed E-state index contributed by atoms with van der Waals surface area (Å²) in [5, 5.41) is 10.9. The minimum Gasteiger partial charge on any atom is -0.483 e. The van der Waals surface area contributed by atoms with Crippen LogP contribution in [0.4, 0.5) is 5.82 Å². The maximum absolute atomic E-state index is 13.2. The highest BCUT2D eigenvalue weighted by Gasteiger charge is 2.46. The summed E-state index contributed by atoms with van der Waals surface area (Å²) in [5.41, 5.74) is 0.645. The fraction of sp³-hybridized carbons (Fsp3) is 0.344. The van der Waals surface area contributed by atoms with E-state index in [2.05, 4.69) is 31.2 Å². The van der Waals surface area contributed by atoms with Gasteiger partial charge in [-0.2, -0.15) is 0 Å². The van der Waals surface area contributed by atoms with E-state index in [4.69, 9.17) is 9.47 Å². The first-order chi connectivity index (χ1) is 23.6. The van der Waals surface area contributed by atoms with E-state index in [-0.39, 0.29) is 65.4 Å². The molecule has 2 fully saturated rings. The Morgan fingerprint density at radius 2 is 1.84 bits per heavy atom. The molecule has 7 amide bonds. The number of carbonyl (C=O) groups excluding carboxylic acids is 7. The van der Waals surface area contributed by atoms with Crippen molar-refractivity contribution >= 4 is 58.5 Å². The van der Waals surface area contributed by atoms with E-state index in [1.54, 1.807) is 18.3 Å². The molecule has 1 saturated heterocycles. The lowest BCUT2D eigenvalue weighted by Crippen LogP contribution is -2.54. The molecule has 1 aliphatic carbocycles. The summed E-state index contributed by atoms with van der Waals surface area (Å²) in [6.45, 7) is -0.0278. The number of methoxy groups -OCH3 is 1. The zero-order valence-corrected chi connectivity index (χ0v) is 27.0. The summed E-state index contributed by atoms with van der Waals surface area (Å²) in [6, 6.07) is 6.66. The summed E-state index contributed by atoms with van der Waals surface area (Å²) in [7, 11) is 1.41. The smallest absolute Gasteiger partial charge is 0.267 e. The molecule has 16 nitrogen and oxygen atoms in total. The topological polar surface area (TPSA) is 215 Å². The van der Waals surface area contributed by atoms with Crippen molar-refractivity contribution in [3.8, 4) is 22.2 Å². The zero-order valence-electron chi connectivity index (χ0n) is 26.2.